The monoisotopic (exact) mass is 273 g/mol. The molecule has 1 fully saturated rings. The molecule has 0 radical (unpaired) electrons. The Balaban J connectivity index is 1.97. The fourth-order valence-corrected chi connectivity index (χ4v) is 3.42. The van der Waals surface area contributed by atoms with Crippen molar-refractivity contribution < 1.29 is 9.15 Å². The van der Waals surface area contributed by atoms with Gasteiger partial charge >= 0.3 is 0 Å². The van der Waals surface area contributed by atoms with E-state index in [0.29, 0.717) is 12.0 Å². The average Bonchev–Trinajstić information content (AvgIpc) is 3.07. The van der Waals surface area contributed by atoms with Crippen LogP contribution in [-0.2, 0) is 4.74 Å². The zero-order valence-electron chi connectivity index (χ0n) is 12.5. The van der Waals surface area contributed by atoms with Crippen LogP contribution in [0.5, 0.6) is 0 Å². The van der Waals surface area contributed by atoms with Crippen molar-refractivity contribution in [2.24, 2.45) is 5.92 Å². The first-order chi connectivity index (χ1) is 9.74. The maximum Gasteiger partial charge on any atom is 0.137 e. The molecule has 3 atom stereocenters. The molecule has 3 heteroatoms. The van der Waals surface area contributed by atoms with E-state index in [1.165, 1.54) is 10.9 Å². The number of hydrogen-bond donors (Lipinski definition) is 1. The Labute approximate surface area is 120 Å². The number of nitrogens with one attached hydrogen (secondary N) is 1. The van der Waals surface area contributed by atoms with E-state index < -0.39 is 0 Å². The normalized spacial score (nSPS) is 24.4. The van der Waals surface area contributed by atoms with Crippen LogP contribution in [0.15, 0.2) is 28.7 Å². The molecule has 3 unspecified atom stereocenters. The van der Waals surface area contributed by atoms with Crippen molar-refractivity contribution in [3.05, 3.63) is 35.6 Å². The molecule has 1 N–H and O–H groups in total. The molecule has 108 valence electrons. The molecular weight excluding hydrogens is 250 g/mol. The van der Waals surface area contributed by atoms with E-state index in [9.17, 15) is 0 Å². The summed E-state index contributed by atoms with van der Waals surface area (Å²) in [6.45, 7) is 5.15. The number of aryl methyl sites for hydroxylation is 1. The zero-order chi connectivity index (χ0) is 14.1. The number of hydrogen-bond acceptors (Lipinski definition) is 3. The molecule has 1 saturated heterocycles. The third-order valence-corrected chi connectivity index (χ3v) is 4.47. The molecule has 1 aromatic heterocycles. The van der Waals surface area contributed by atoms with Gasteiger partial charge in [0.05, 0.1) is 12.1 Å². The third-order valence-electron chi connectivity index (χ3n) is 4.47. The van der Waals surface area contributed by atoms with Crippen molar-refractivity contribution >= 4 is 11.0 Å². The largest absolute Gasteiger partial charge is 0.459 e. The van der Waals surface area contributed by atoms with Gasteiger partial charge in [-0.3, -0.25) is 0 Å². The fraction of sp³-hybridized carbons (Fsp3) is 0.529. The Kier molecular flexibility index (Phi) is 3.81. The quantitative estimate of drug-likeness (QED) is 0.919. The predicted molar refractivity (Wildman–Crippen MR) is 80.9 cm³/mol. The van der Waals surface area contributed by atoms with Gasteiger partial charge in [0.25, 0.3) is 0 Å². The van der Waals surface area contributed by atoms with Crippen molar-refractivity contribution in [3.8, 4) is 0 Å². The average molecular weight is 273 g/mol. The van der Waals surface area contributed by atoms with Gasteiger partial charge in [0.2, 0.25) is 0 Å². The summed E-state index contributed by atoms with van der Waals surface area (Å²) in [6, 6.07) is 8.70. The van der Waals surface area contributed by atoms with Gasteiger partial charge in [0.15, 0.2) is 0 Å². The Morgan fingerprint density at radius 1 is 1.40 bits per heavy atom. The molecule has 0 aliphatic carbocycles. The smallest absolute Gasteiger partial charge is 0.137 e. The molecule has 1 aromatic carbocycles. The topological polar surface area (TPSA) is 34.4 Å². The van der Waals surface area contributed by atoms with Crippen molar-refractivity contribution in [1.29, 1.82) is 0 Å². The molecule has 20 heavy (non-hydrogen) atoms. The highest BCUT2D eigenvalue weighted by Crippen LogP contribution is 2.37. The molecule has 0 amide bonds. The van der Waals surface area contributed by atoms with E-state index in [4.69, 9.17) is 9.15 Å². The summed E-state index contributed by atoms with van der Waals surface area (Å²) in [7, 11) is 2.01. The standard InChI is InChI=1S/C17H23NO2/c1-4-14-13(8-9-19-14)16(18-3)15-10-12-7-5-6-11(2)17(12)20-15/h5-7,10,13-14,16,18H,4,8-9H2,1-3H3. The lowest BCUT2D eigenvalue weighted by molar-refractivity contribution is 0.0759. The van der Waals surface area contributed by atoms with Crippen LogP contribution in [0.25, 0.3) is 11.0 Å². The summed E-state index contributed by atoms with van der Waals surface area (Å²) in [6.07, 6.45) is 2.49. The van der Waals surface area contributed by atoms with E-state index in [1.807, 2.05) is 7.05 Å². The van der Waals surface area contributed by atoms with Crippen LogP contribution in [0.2, 0.25) is 0 Å². The first kappa shape index (κ1) is 13.7. The van der Waals surface area contributed by atoms with Crippen LogP contribution in [-0.4, -0.2) is 19.8 Å². The highest BCUT2D eigenvalue weighted by Gasteiger charge is 2.35. The first-order valence-electron chi connectivity index (χ1n) is 7.52. The lowest BCUT2D eigenvalue weighted by Gasteiger charge is -2.25. The SMILES string of the molecule is CCC1OCCC1C(NC)c1cc2cccc(C)c2o1. The number of benzene rings is 1. The zero-order valence-corrected chi connectivity index (χ0v) is 12.5. The van der Waals surface area contributed by atoms with E-state index >= 15 is 0 Å². The van der Waals surface area contributed by atoms with Crippen LogP contribution in [0.3, 0.4) is 0 Å². The number of fused-ring (bicyclic) bond motifs is 1. The number of furan rings is 1. The third kappa shape index (κ3) is 2.25. The van der Waals surface area contributed by atoms with E-state index in [0.717, 1.165) is 30.8 Å². The van der Waals surface area contributed by atoms with Crippen LogP contribution in [0.1, 0.15) is 37.1 Å². The van der Waals surface area contributed by atoms with Crippen molar-refractivity contribution in [2.75, 3.05) is 13.7 Å². The highest BCUT2D eigenvalue weighted by molar-refractivity contribution is 5.81. The van der Waals surface area contributed by atoms with Crippen LogP contribution in [0, 0.1) is 12.8 Å². The summed E-state index contributed by atoms with van der Waals surface area (Å²) in [5, 5.41) is 4.62. The lowest BCUT2D eigenvalue weighted by Crippen LogP contribution is -2.30. The van der Waals surface area contributed by atoms with E-state index in [2.05, 4.69) is 43.4 Å². The van der Waals surface area contributed by atoms with Gasteiger partial charge in [0, 0.05) is 17.9 Å². The van der Waals surface area contributed by atoms with Crippen LogP contribution < -0.4 is 5.32 Å². The Bertz CT molecular complexity index is 590. The molecule has 1 aliphatic rings. The summed E-state index contributed by atoms with van der Waals surface area (Å²) in [5.41, 5.74) is 2.20. The van der Waals surface area contributed by atoms with Gasteiger partial charge in [-0.25, -0.2) is 0 Å². The number of rotatable bonds is 4. The second kappa shape index (κ2) is 5.58. The van der Waals surface area contributed by atoms with Crippen LogP contribution >= 0.6 is 0 Å². The summed E-state index contributed by atoms with van der Waals surface area (Å²) >= 11 is 0. The predicted octanol–water partition coefficient (Wildman–Crippen LogP) is 3.82. The molecule has 2 heterocycles. The molecule has 0 saturated carbocycles. The highest BCUT2D eigenvalue weighted by atomic mass is 16.5. The Morgan fingerprint density at radius 3 is 2.95 bits per heavy atom. The summed E-state index contributed by atoms with van der Waals surface area (Å²) < 4.78 is 12.0. The Hall–Kier alpha value is -1.32. The Morgan fingerprint density at radius 2 is 2.25 bits per heavy atom. The van der Waals surface area contributed by atoms with Gasteiger partial charge < -0.3 is 14.5 Å². The van der Waals surface area contributed by atoms with E-state index in [-0.39, 0.29) is 6.04 Å². The van der Waals surface area contributed by atoms with Gasteiger partial charge in [-0.1, -0.05) is 25.1 Å². The maximum absolute atomic E-state index is 6.14. The second-order valence-electron chi connectivity index (χ2n) is 5.68. The van der Waals surface area contributed by atoms with Gasteiger partial charge in [-0.2, -0.15) is 0 Å². The van der Waals surface area contributed by atoms with Crippen molar-refractivity contribution in [3.63, 3.8) is 0 Å². The summed E-state index contributed by atoms with van der Waals surface area (Å²) in [5.74, 6) is 1.52. The number of ether oxygens (including phenoxy) is 1. The molecule has 3 rings (SSSR count). The maximum atomic E-state index is 6.14. The minimum Gasteiger partial charge on any atom is -0.459 e. The molecule has 1 aliphatic heterocycles. The lowest BCUT2D eigenvalue weighted by atomic mass is 9.90. The van der Waals surface area contributed by atoms with Gasteiger partial charge in [-0.15, -0.1) is 0 Å². The minimum absolute atomic E-state index is 0.231. The molecular formula is C17H23NO2. The molecule has 0 bridgehead atoms. The van der Waals surface area contributed by atoms with Crippen LogP contribution in [0.4, 0.5) is 0 Å². The second-order valence-corrected chi connectivity index (χ2v) is 5.68. The van der Waals surface area contributed by atoms with Crippen molar-refractivity contribution in [1.82, 2.24) is 5.32 Å². The minimum atomic E-state index is 0.231. The molecule has 0 spiro atoms. The molecule has 3 nitrogen and oxygen atoms in total. The summed E-state index contributed by atoms with van der Waals surface area (Å²) in [4.78, 5) is 0. The molecule has 2 aromatic rings. The van der Waals surface area contributed by atoms with Crippen molar-refractivity contribution in [2.45, 2.75) is 38.8 Å². The fourth-order valence-electron chi connectivity index (χ4n) is 3.42. The van der Waals surface area contributed by atoms with Gasteiger partial charge in [0.1, 0.15) is 11.3 Å². The first-order valence-corrected chi connectivity index (χ1v) is 7.52. The van der Waals surface area contributed by atoms with E-state index in [1.54, 1.807) is 0 Å². The van der Waals surface area contributed by atoms with Gasteiger partial charge in [-0.05, 0) is 38.4 Å². The number of para-hydroxylation sites is 1.